The van der Waals surface area contributed by atoms with Crippen molar-refractivity contribution in [3.63, 3.8) is 0 Å². The molecule has 2 aromatic rings. The van der Waals surface area contributed by atoms with Crippen molar-refractivity contribution in [2.24, 2.45) is 5.92 Å². The summed E-state index contributed by atoms with van der Waals surface area (Å²) in [5.41, 5.74) is 3.53. The molecule has 0 spiro atoms. The third kappa shape index (κ3) is 3.32. The second-order valence-corrected chi connectivity index (χ2v) is 10.1. The highest BCUT2D eigenvalue weighted by Crippen LogP contribution is 2.36. The number of nitrogens with one attached hydrogen (secondary N) is 1. The minimum atomic E-state index is 0.0422. The summed E-state index contributed by atoms with van der Waals surface area (Å²) in [6.45, 7) is 2.55. The van der Waals surface area contributed by atoms with Crippen molar-refractivity contribution in [3.05, 3.63) is 33.4 Å². The second kappa shape index (κ2) is 7.76. The molecule has 6 rings (SSSR count). The Hall–Kier alpha value is -2.15. The van der Waals surface area contributed by atoms with Gasteiger partial charge in [0.05, 0.1) is 23.0 Å². The lowest BCUT2D eigenvalue weighted by molar-refractivity contribution is -0.136. The number of nitrogens with zero attached hydrogens (tertiary/aromatic N) is 4. The Morgan fingerprint density at radius 1 is 1.00 bits per heavy atom. The lowest BCUT2D eigenvalue weighted by atomic mass is 10.0. The Labute approximate surface area is 182 Å². The smallest absolute Gasteiger partial charge is 0.277 e. The van der Waals surface area contributed by atoms with Crippen molar-refractivity contribution < 1.29 is 4.79 Å². The summed E-state index contributed by atoms with van der Waals surface area (Å²) >= 11 is 0. The number of hydrogen-bond donors (Lipinski definition) is 1. The molecule has 4 aliphatic rings. The van der Waals surface area contributed by atoms with E-state index < -0.39 is 0 Å². The highest BCUT2D eigenvalue weighted by atomic mass is 16.2. The van der Waals surface area contributed by atoms with Gasteiger partial charge in [0.1, 0.15) is 0 Å². The highest BCUT2D eigenvalue weighted by Gasteiger charge is 2.36. The third-order valence-electron chi connectivity index (χ3n) is 8.25. The molecule has 4 heterocycles. The van der Waals surface area contributed by atoms with Crippen molar-refractivity contribution in [2.45, 2.75) is 89.3 Å². The van der Waals surface area contributed by atoms with Crippen molar-refractivity contribution in [3.8, 4) is 0 Å². The number of hydrogen-bond acceptors (Lipinski definition) is 4. The van der Waals surface area contributed by atoms with Gasteiger partial charge in [-0.3, -0.25) is 19.6 Å². The van der Waals surface area contributed by atoms with Crippen LogP contribution in [0.1, 0.15) is 87.2 Å². The van der Waals surface area contributed by atoms with Crippen LogP contribution in [0.4, 0.5) is 0 Å². The van der Waals surface area contributed by atoms with Gasteiger partial charge in [0.15, 0.2) is 5.65 Å². The molecule has 0 aromatic carbocycles. The van der Waals surface area contributed by atoms with E-state index in [0.29, 0.717) is 17.6 Å². The Morgan fingerprint density at radius 2 is 1.77 bits per heavy atom. The number of carbonyl (C=O) groups excluding carboxylic acids is 1. The summed E-state index contributed by atoms with van der Waals surface area (Å²) in [4.78, 5) is 35.9. The first-order valence-corrected chi connectivity index (χ1v) is 12.4. The summed E-state index contributed by atoms with van der Waals surface area (Å²) in [5, 5.41) is 3.35. The Morgan fingerprint density at radius 3 is 2.58 bits per heavy atom. The molecule has 166 valence electrons. The fourth-order valence-electron chi connectivity index (χ4n) is 6.53. The number of aromatic amines is 1. The summed E-state index contributed by atoms with van der Waals surface area (Å²) < 4.78 is 1.63. The first-order chi connectivity index (χ1) is 15.2. The zero-order chi connectivity index (χ0) is 20.9. The van der Waals surface area contributed by atoms with Gasteiger partial charge in [-0.05, 0) is 38.5 Å². The highest BCUT2D eigenvalue weighted by molar-refractivity contribution is 5.79. The molecule has 1 saturated heterocycles. The molecule has 0 bridgehead atoms. The van der Waals surface area contributed by atoms with Gasteiger partial charge >= 0.3 is 0 Å². The van der Waals surface area contributed by atoms with Crippen molar-refractivity contribution in [1.82, 2.24) is 24.4 Å². The first-order valence-electron chi connectivity index (χ1n) is 12.4. The SMILES string of the molecule is O=C(C1CCCC1)N1CCC[C@H]1c1cc2nc3c(c(=O)n2[nH]1)CN(C1CCCC1)CC3. The average Bonchev–Trinajstić information content (AvgIpc) is 3.59. The Bertz CT molecular complexity index is 1040. The van der Waals surface area contributed by atoms with Gasteiger partial charge in [0.25, 0.3) is 5.56 Å². The van der Waals surface area contributed by atoms with E-state index in [1.165, 1.54) is 38.5 Å². The van der Waals surface area contributed by atoms with E-state index >= 15 is 0 Å². The molecule has 1 atom stereocenters. The van der Waals surface area contributed by atoms with Gasteiger partial charge in [-0.25, -0.2) is 9.50 Å². The van der Waals surface area contributed by atoms with E-state index in [4.69, 9.17) is 4.98 Å². The topological polar surface area (TPSA) is 73.7 Å². The first kappa shape index (κ1) is 19.5. The summed E-state index contributed by atoms with van der Waals surface area (Å²) in [7, 11) is 0. The van der Waals surface area contributed by atoms with Gasteiger partial charge in [0, 0.05) is 44.1 Å². The monoisotopic (exact) mass is 423 g/mol. The normalized spacial score (nSPS) is 25.7. The van der Waals surface area contributed by atoms with E-state index in [1.807, 2.05) is 6.07 Å². The summed E-state index contributed by atoms with van der Waals surface area (Å²) in [5.74, 6) is 0.505. The predicted molar refractivity (Wildman–Crippen MR) is 118 cm³/mol. The average molecular weight is 424 g/mol. The molecule has 2 aliphatic heterocycles. The van der Waals surface area contributed by atoms with Crippen LogP contribution in [0, 0.1) is 5.92 Å². The van der Waals surface area contributed by atoms with Crippen LogP contribution in [0.15, 0.2) is 10.9 Å². The van der Waals surface area contributed by atoms with E-state index in [1.54, 1.807) is 4.52 Å². The van der Waals surface area contributed by atoms with E-state index in [-0.39, 0.29) is 17.5 Å². The second-order valence-electron chi connectivity index (χ2n) is 10.1. The predicted octanol–water partition coefficient (Wildman–Crippen LogP) is 3.18. The van der Waals surface area contributed by atoms with Gasteiger partial charge in [-0.2, -0.15) is 0 Å². The maximum atomic E-state index is 13.4. The molecule has 0 unspecified atom stereocenters. The van der Waals surface area contributed by atoms with Crippen LogP contribution >= 0.6 is 0 Å². The van der Waals surface area contributed by atoms with Crippen molar-refractivity contribution >= 4 is 11.6 Å². The number of fused-ring (bicyclic) bond motifs is 2. The fraction of sp³-hybridized carbons (Fsp3) is 0.708. The number of amides is 1. The van der Waals surface area contributed by atoms with Crippen LogP contribution in [-0.2, 0) is 17.8 Å². The Kier molecular flexibility index (Phi) is 4.89. The lowest BCUT2D eigenvalue weighted by Gasteiger charge is -2.32. The summed E-state index contributed by atoms with van der Waals surface area (Å²) in [6, 6.07) is 2.68. The van der Waals surface area contributed by atoms with Gasteiger partial charge in [0.2, 0.25) is 5.91 Å². The largest absolute Gasteiger partial charge is 0.334 e. The molecule has 3 fully saturated rings. The van der Waals surface area contributed by atoms with Crippen molar-refractivity contribution in [1.29, 1.82) is 0 Å². The number of aromatic nitrogens is 3. The van der Waals surface area contributed by atoms with Gasteiger partial charge in [-0.1, -0.05) is 25.7 Å². The molecular formula is C24H33N5O2. The molecular weight excluding hydrogens is 390 g/mol. The maximum Gasteiger partial charge on any atom is 0.277 e. The van der Waals surface area contributed by atoms with Crippen LogP contribution in [0.3, 0.4) is 0 Å². The molecule has 31 heavy (non-hydrogen) atoms. The van der Waals surface area contributed by atoms with E-state index in [2.05, 4.69) is 14.9 Å². The molecule has 1 amide bonds. The van der Waals surface area contributed by atoms with Crippen LogP contribution in [0.2, 0.25) is 0 Å². The Balaban J connectivity index is 1.30. The van der Waals surface area contributed by atoms with Gasteiger partial charge < -0.3 is 4.90 Å². The minimum absolute atomic E-state index is 0.0422. The van der Waals surface area contributed by atoms with Crippen molar-refractivity contribution in [2.75, 3.05) is 13.1 Å². The molecule has 2 saturated carbocycles. The third-order valence-corrected chi connectivity index (χ3v) is 8.25. The van der Waals surface area contributed by atoms with Crippen LogP contribution in [0.25, 0.3) is 5.65 Å². The minimum Gasteiger partial charge on any atom is -0.334 e. The summed E-state index contributed by atoms with van der Waals surface area (Å²) in [6.07, 6.45) is 12.4. The lowest BCUT2D eigenvalue weighted by Crippen LogP contribution is -2.41. The zero-order valence-electron chi connectivity index (χ0n) is 18.3. The van der Waals surface area contributed by atoms with E-state index in [0.717, 1.165) is 68.7 Å². The molecule has 7 nitrogen and oxygen atoms in total. The number of carbonyl (C=O) groups is 1. The van der Waals surface area contributed by atoms with Gasteiger partial charge in [-0.15, -0.1) is 0 Å². The molecule has 1 N–H and O–H groups in total. The molecule has 2 aromatic heterocycles. The van der Waals surface area contributed by atoms with Crippen LogP contribution in [0.5, 0.6) is 0 Å². The standard InChI is InChI=1S/C24H33N5O2/c30-23(16-6-1-2-7-16)28-12-5-10-21(28)20-14-22-25-19-11-13-27(17-8-3-4-9-17)15-18(19)24(31)29(22)26-20/h14,16-17,21,26H,1-13,15H2/t21-/m0/s1. The molecule has 2 aliphatic carbocycles. The fourth-order valence-corrected chi connectivity index (χ4v) is 6.53. The quantitative estimate of drug-likeness (QED) is 0.823. The number of likely N-dealkylation sites (tertiary alicyclic amines) is 1. The number of rotatable bonds is 3. The maximum absolute atomic E-state index is 13.4. The van der Waals surface area contributed by atoms with Crippen LogP contribution < -0.4 is 5.56 Å². The number of H-pyrrole nitrogens is 1. The van der Waals surface area contributed by atoms with E-state index in [9.17, 15) is 9.59 Å². The zero-order valence-corrected chi connectivity index (χ0v) is 18.3. The molecule has 7 heteroatoms. The van der Waals surface area contributed by atoms with Crippen LogP contribution in [-0.4, -0.2) is 49.4 Å². The molecule has 0 radical (unpaired) electrons.